The minimum absolute atomic E-state index is 0.0337. The topological polar surface area (TPSA) is 109 Å². The highest BCUT2D eigenvalue weighted by Gasteiger charge is 2.45. The van der Waals surface area contributed by atoms with Gasteiger partial charge in [0.1, 0.15) is 11.8 Å². The van der Waals surface area contributed by atoms with Crippen molar-refractivity contribution in [2.24, 2.45) is 0 Å². The molecule has 1 N–H and O–H groups in total. The lowest BCUT2D eigenvalue weighted by Crippen LogP contribution is -2.55. The highest BCUT2D eigenvalue weighted by molar-refractivity contribution is 7.10. The van der Waals surface area contributed by atoms with Crippen molar-refractivity contribution in [2.75, 3.05) is 11.5 Å². The lowest BCUT2D eigenvalue weighted by Gasteiger charge is -2.27. The fraction of sp³-hybridized carbons (Fsp3) is 0.208. The van der Waals surface area contributed by atoms with Crippen molar-refractivity contribution in [1.82, 2.24) is 15.4 Å². The molecule has 2 aromatic heterocycles. The Morgan fingerprint density at radius 3 is 2.62 bits per heavy atom. The van der Waals surface area contributed by atoms with Crippen LogP contribution in [0.1, 0.15) is 28.6 Å². The molecule has 3 aromatic rings. The Hall–Kier alpha value is -4.05. The van der Waals surface area contributed by atoms with Crippen LogP contribution in [0.5, 0.6) is 5.75 Å². The van der Waals surface area contributed by atoms with Crippen molar-refractivity contribution >= 4 is 40.7 Å². The number of thiophene rings is 1. The normalized spacial score (nSPS) is 15.3. The summed E-state index contributed by atoms with van der Waals surface area (Å²) in [5, 5.41) is 2.79. The average molecular weight is 479 g/mol. The van der Waals surface area contributed by atoms with Gasteiger partial charge in [-0.05, 0) is 54.8 Å². The number of hydrogen-bond acceptors (Lipinski definition) is 7. The van der Waals surface area contributed by atoms with Gasteiger partial charge in [-0.15, -0.1) is 11.3 Å². The highest BCUT2D eigenvalue weighted by atomic mass is 32.1. The van der Waals surface area contributed by atoms with Gasteiger partial charge in [-0.3, -0.25) is 29.6 Å². The van der Waals surface area contributed by atoms with E-state index in [-0.39, 0.29) is 18.4 Å². The number of benzene rings is 1. The average Bonchev–Trinajstić information content (AvgIpc) is 3.45. The summed E-state index contributed by atoms with van der Waals surface area (Å²) in [4.78, 5) is 57.9. The van der Waals surface area contributed by atoms with Crippen LogP contribution < -0.4 is 15.1 Å². The number of anilines is 1. The first-order valence-electron chi connectivity index (χ1n) is 10.6. The maximum Gasteiger partial charge on any atom is 0.274 e. The maximum atomic E-state index is 13.3. The van der Waals surface area contributed by atoms with Gasteiger partial charge in [0, 0.05) is 17.3 Å². The molecule has 1 aliphatic rings. The van der Waals surface area contributed by atoms with Gasteiger partial charge in [0.2, 0.25) is 11.8 Å². The lowest BCUT2D eigenvalue weighted by atomic mass is 10.2. The molecule has 0 aliphatic carbocycles. The van der Waals surface area contributed by atoms with Crippen molar-refractivity contribution in [3.8, 4) is 5.75 Å². The number of nitrogens with one attached hydrogen (secondary N) is 1. The summed E-state index contributed by atoms with van der Waals surface area (Å²) < 4.78 is 5.41. The Labute approximate surface area is 199 Å². The van der Waals surface area contributed by atoms with Crippen LogP contribution in [0.2, 0.25) is 0 Å². The third kappa shape index (κ3) is 4.96. The van der Waals surface area contributed by atoms with Crippen LogP contribution in [0, 0.1) is 0 Å². The molecule has 34 heavy (non-hydrogen) atoms. The van der Waals surface area contributed by atoms with Gasteiger partial charge in [-0.25, -0.2) is 9.91 Å². The predicted octanol–water partition coefficient (Wildman–Crippen LogP) is 2.59. The summed E-state index contributed by atoms with van der Waals surface area (Å²) in [6, 6.07) is 12.1. The second-order valence-electron chi connectivity index (χ2n) is 7.42. The van der Waals surface area contributed by atoms with Gasteiger partial charge < -0.3 is 4.74 Å². The van der Waals surface area contributed by atoms with Crippen LogP contribution in [0.3, 0.4) is 0 Å². The summed E-state index contributed by atoms with van der Waals surface area (Å²) in [7, 11) is 0. The second-order valence-corrected chi connectivity index (χ2v) is 8.45. The van der Waals surface area contributed by atoms with E-state index in [4.69, 9.17) is 4.74 Å². The number of carbonyl (C=O) groups excluding carboxylic acids is 4. The van der Waals surface area contributed by atoms with Crippen molar-refractivity contribution in [2.45, 2.75) is 25.8 Å². The van der Waals surface area contributed by atoms with E-state index in [9.17, 15) is 19.2 Å². The number of hydrazine groups is 1. The zero-order valence-electron chi connectivity index (χ0n) is 18.3. The Balaban J connectivity index is 1.59. The smallest absolute Gasteiger partial charge is 0.274 e. The van der Waals surface area contributed by atoms with E-state index in [1.807, 2.05) is 18.4 Å². The fourth-order valence-corrected chi connectivity index (χ4v) is 4.29. The number of ether oxygens (including phenoxy) is 1. The molecule has 0 bridgehead atoms. The first kappa shape index (κ1) is 23.1. The molecule has 9 nitrogen and oxygen atoms in total. The summed E-state index contributed by atoms with van der Waals surface area (Å²) in [6.07, 6.45) is 2.61. The zero-order chi connectivity index (χ0) is 24.1. The molecule has 0 saturated carbocycles. The summed E-state index contributed by atoms with van der Waals surface area (Å²) >= 11 is 1.40. The van der Waals surface area contributed by atoms with E-state index in [0.717, 1.165) is 14.8 Å². The molecule has 1 aromatic carbocycles. The summed E-state index contributed by atoms with van der Waals surface area (Å²) in [6.45, 7) is 2.34. The molecule has 4 rings (SSSR count). The number of rotatable bonds is 7. The number of hydrogen-bond donors (Lipinski definition) is 1. The van der Waals surface area contributed by atoms with Crippen molar-refractivity contribution < 1.29 is 23.9 Å². The first-order chi connectivity index (χ1) is 16.5. The maximum absolute atomic E-state index is 13.3. The summed E-state index contributed by atoms with van der Waals surface area (Å²) in [5.41, 5.74) is 3.09. The van der Waals surface area contributed by atoms with Crippen LogP contribution in [0.15, 0.2) is 66.3 Å². The van der Waals surface area contributed by atoms with Gasteiger partial charge in [0.25, 0.3) is 11.8 Å². The van der Waals surface area contributed by atoms with Crippen molar-refractivity contribution in [3.63, 3.8) is 0 Å². The Morgan fingerprint density at radius 1 is 1.18 bits per heavy atom. The molecule has 3 heterocycles. The lowest BCUT2D eigenvalue weighted by molar-refractivity contribution is -0.128. The van der Waals surface area contributed by atoms with Gasteiger partial charge in [-0.1, -0.05) is 6.07 Å². The van der Waals surface area contributed by atoms with Crippen molar-refractivity contribution in [3.05, 3.63) is 76.7 Å². The van der Waals surface area contributed by atoms with Gasteiger partial charge in [0.15, 0.2) is 0 Å². The van der Waals surface area contributed by atoms with Gasteiger partial charge in [-0.2, -0.15) is 0 Å². The molecule has 1 aliphatic heterocycles. The monoisotopic (exact) mass is 478 g/mol. The molecule has 1 atom stereocenters. The SMILES string of the molecule is CCOc1ccc(N2C(=O)CC(N(NC(=O)Cc3cccs3)C(=O)c3cccnc3)C2=O)cc1. The molecule has 0 radical (unpaired) electrons. The summed E-state index contributed by atoms with van der Waals surface area (Å²) in [5.74, 6) is -1.58. The number of pyridine rings is 1. The van der Waals surface area contributed by atoms with Crippen molar-refractivity contribution in [1.29, 1.82) is 0 Å². The number of imide groups is 1. The van der Waals surface area contributed by atoms with Crippen LogP contribution in [0.4, 0.5) is 5.69 Å². The first-order valence-corrected chi connectivity index (χ1v) is 11.5. The highest BCUT2D eigenvalue weighted by Crippen LogP contribution is 2.27. The predicted molar refractivity (Wildman–Crippen MR) is 125 cm³/mol. The van der Waals surface area contributed by atoms with E-state index in [1.165, 1.54) is 29.8 Å². The molecule has 1 saturated heterocycles. The molecule has 1 fully saturated rings. The molecule has 0 spiro atoms. The zero-order valence-corrected chi connectivity index (χ0v) is 19.2. The van der Waals surface area contributed by atoms with Crippen LogP contribution in [-0.2, 0) is 20.8 Å². The van der Waals surface area contributed by atoms with E-state index >= 15 is 0 Å². The molecule has 174 valence electrons. The van der Waals surface area contributed by atoms with E-state index < -0.39 is 29.7 Å². The largest absolute Gasteiger partial charge is 0.494 e. The van der Waals surface area contributed by atoms with Crippen LogP contribution in [0.25, 0.3) is 0 Å². The Morgan fingerprint density at radius 2 is 1.97 bits per heavy atom. The minimum atomic E-state index is -1.20. The van der Waals surface area contributed by atoms with E-state index in [1.54, 1.807) is 36.4 Å². The number of aromatic nitrogens is 1. The number of amides is 4. The number of carbonyl (C=O) groups is 4. The van der Waals surface area contributed by atoms with E-state index in [2.05, 4.69) is 10.4 Å². The number of nitrogens with zero attached hydrogens (tertiary/aromatic N) is 3. The quantitative estimate of drug-likeness (QED) is 0.413. The van der Waals surface area contributed by atoms with Gasteiger partial charge in [0.05, 0.1) is 30.7 Å². The van der Waals surface area contributed by atoms with E-state index in [0.29, 0.717) is 18.0 Å². The third-order valence-corrected chi connectivity index (χ3v) is 6.00. The minimum Gasteiger partial charge on any atom is -0.494 e. The Kier molecular flexibility index (Phi) is 6.98. The second kappa shape index (κ2) is 10.3. The molecule has 10 heteroatoms. The van der Waals surface area contributed by atoms with Gasteiger partial charge >= 0.3 is 0 Å². The van der Waals surface area contributed by atoms with Crippen LogP contribution in [-0.4, -0.2) is 46.3 Å². The molecule has 4 amide bonds. The molecule has 1 unspecified atom stereocenters. The molecular formula is C24H22N4O5S. The van der Waals surface area contributed by atoms with Crippen LogP contribution >= 0.6 is 11.3 Å². The Bertz CT molecular complexity index is 1180. The standard InChI is InChI=1S/C24H22N4O5S/c1-2-33-18-9-7-17(8-10-18)27-22(30)14-20(24(27)32)28(23(31)16-5-3-11-25-15-16)26-21(29)13-19-6-4-12-34-19/h3-12,15,20H,2,13-14H2,1H3,(H,26,29). The third-order valence-electron chi connectivity index (χ3n) is 5.13. The molecular weight excluding hydrogens is 456 g/mol. The fourth-order valence-electron chi connectivity index (χ4n) is 3.59.